The Kier molecular flexibility index (Phi) is 26.0. The average molecular weight is 678 g/mol. The van der Waals surface area contributed by atoms with E-state index in [1.165, 1.54) is 53.4 Å². The minimum Gasteiger partial charge on any atom is -0.397 e. The molecule has 1 saturated carbocycles. The van der Waals surface area contributed by atoms with Gasteiger partial charge in [-0.05, 0) is 95.3 Å². The lowest BCUT2D eigenvalue weighted by Crippen LogP contribution is -2.20. The number of allylic oxidation sites excluding steroid dienone is 1. The van der Waals surface area contributed by atoms with E-state index in [1.54, 1.807) is 6.08 Å². The quantitative estimate of drug-likeness (QED) is 0.0917. The largest absolute Gasteiger partial charge is 0.397 e. The average Bonchev–Trinajstić information content (AvgIpc) is 3.64. The lowest BCUT2D eigenvalue weighted by molar-refractivity contribution is 0.434. The molecule has 4 rings (SSSR count). The van der Waals surface area contributed by atoms with Crippen LogP contribution in [0.15, 0.2) is 103 Å². The van der Waals surface area contributed by atoms with Gasteiger partial charge in [0.15, 0.2) is 0 Å². The molecule has 5 heteroatoms. The van der Waals surface area contributed by atoms with Gasteiger partial charge in [0.2, 0.25) is 0 Å². The Labute approximate surface area is 297 Å². The SMILES string of the molecule is C=C(C1CCCC1)P(C)Cc1ccc(N)c(N(C)CCCc2ccc(C)cc2)c1.C=CC(C)S.CC.CCN(C)C.c1ccccc1. The number of nitrogen functional groups attached to an aromatic ring is 1. The van der Waals surface area contributed by atoms with Gasteiger partial charge < -0.3 is 15.5 Å². The number of hydrogen-bond donors (Lipinski definition) is 2. The maximum Gasteiger partial charge on any atom is 0.0600 e. The first kappa shape index (κ1) is 44.5. The lowest BCUT2D eigenvalue weighted by Gasteiger charge is -2.24. The van der Waals surface area contributed by atoms with Crippen LogP contribution >= 0.6 is 20.6 Å². The third kappa shape index (κ3) is 21.1. The number of thiol groups is 1. The predicted molar refractivity (Wildman–Crippen MR) is 222 cm³/mol. The summed E-state index contributed by atoms with van der Waals surface area (Å²) < 4.78 is 0. The zero-order chi connectivity index (χ0) is 35.6. The highest BCUT2D eigenvalue weighted by molar-refractivity contribution is 7.81. The minimum atomic E-state index is -0.168. The van der Waals surface area contributed by atoms with E-state index < -0.39 is 0 Å². The molecule has 2 N–H and O–H groups in total. The normalized spacial score (nSPS) is 13.2. The molecule has 1 fully saturated rings. The molecule has 47 heavy (non-hydrogen) atoms. The van der Waals surface area contributed by atoms with Crippen LogP contribution in [-0.2, 0) is 12.6 Å². The van der Waals surface area contributed by atoms with E-state index >= 15 is 0 Å². The maximum atomic E-state index is 6.33. The molecule has 0 spiro atoms. The maximum absolute atomic E-state index is 6.33. The Bertz CT molecular complexity index is 1160. The van der Waals surface area contributed by atoms with Crippen LogP contribution in [0.5, 0.6) is 0 Å². The van der Waals surface area contributed by atoms with Gasteiger partial charge in [-0.3, -0.25) is 0 Å². The summed E-state index contributed by atoms with van der Waals surface area (Å²) in [6, 6.07) is 27.5. The molecule has 1 aliphatic carbocycles. The van der Waals surface area contributed by atoms with Gasteiger partial charge in [-0.15, -0.1) is 6.58 Å². The van der Waals surface area contributed by atoms with Crippen molar-refractivity contribution < 1.29 is 0 Å². The van der Waals surface area contributed by atoms with Crippen molar-refractivity contribution in [2.75, 3.05) is 51.5 Å². The Morgan fingerprint density at radius 2 is 1.43 bits per heavy atom. The van der Waals surface area contributed by atoms with E-state index in [1.807, 2.05) is 57.2 Å². The summed E-state index contributed by atoms with van der Waals surface area (Å²) in [5.74, 6) is 0.767. The Morgan fingerprint density at radius 1 is 0.957 bits per heavy atom. The molecular weight excluding hydrogens is 610 g/mol. The number of anilines is 2. The van der Waals surface area contributed by atoms with E-state index in [4.69, 9.17) is 5.73 Å². The number of aryl methyl sites for hydroxylation is 2. The molecule has 262 valence electrons. The van der Waals surface area contributed by atoms with Crippen LogP contribution in [0.2, 0.25) is 0 Å². The van der Waals surface area contributed by atoms with Crippen molar-refractivity contribution in [3.63, 3.8) is 0 Å². The van der Waals surface area contributed by atoms with Crippen LogP contribution in [0.3, 0.4) is 0 Å². The molecule has 0 aromatic heterocycles. The third-order valence-corrected chi connectivity index (χ3v) is 10.4. The third-order valence-electron chi connectivity index (χ3n) is 7.96. The Morgan fingerprint density at radius 3 is 1.87 bits per heavy atom. The molecule has 2 atom stereocenters. The number of nitrogens with two attached hydrogens (primary N) is 1. The van der Waals surface area contributed by atoms with Crippen LogP contribution in [0.25, 0.3) is 0 Å². The summed E-state index contributed by atoms with van der Waals surface area (Å²) in [4.78, 5) is 4.44. The molecule has 0 amide bonds. The minimum absolute atomic E-state index is 0.168. The molecule has 3 nitrogen and oxygen atoms in total. The molecule has 0 heterocycles. The van der Waals surface area contributed by atoms with Crippen LogP contribution in [0.1, 0.15) is 76.5 Å². The van der Waals surface area contributed by atoms with Crippen molar-refractivity contribution in [3.8, 4) is 0 Å². The molecule has 1 aliphatic rings. The van der Waals surface area contributed by atoms with Gasteiger partial charge in [-0.1, -0.05) is 139 Å². The summed E-state index contributed by atoms with van der Waals surface area (Å²) in [6.07, 6.45) is 10.6. The molecule has 2 unspecified atom stereocenters. The van der Waals surface area contributed by atoms with Crippen LogP contribution in [0.4, 0.5) is 11.4 Å². The van der Waals surface area contributed by atoms with E-state index in [9.17, 15) is 0 Å². The Hall–Kier alpha value is -2.52. The molecular formula is C42H68N3PS. The first-order chi connectivity index (χ1) is 22.5. The van der Waals surface area contributed by atoms with Gasteiger partial charge in [-0.2, -0.15) is 12.6 Å². The van der Waals surface area contributed by atoms with Gasteiger partial charge in [-0.25, -0.2) is 0 Å². The topological polar surface area (TPSA) is 32.5 Å². The van der Waals surface area contributed by atoms with Crippen LogP contribution < -0.4 is 10.6 Å². The fraction of sp³-hybridized carbons (Fsp3) is 0.476. The van der Waals surface area contributed by atoms with Gasteiger partial charge >= 0.3 is 0 Å². The first-order valence-corrected chi connectivity index (χ1v) is 20.0. The predicted octanol–water partition coefficient (Wildman–Crippen LogP) is 11.7. The molecule has 3 aromatic carbocycles. The molecule has 3 aromatic rings. The van der Waals surface area contributed by atoms with E-state index in [-0.39, 0.29) is 7.92 Å². The molecule has 0 radical (unpaired) electrons. The Balaban J connectivity index is 0.000000957. The smallest absolute Gasteiger partial charge is 0.0600 e. The lowest BCUT2D eigenvalue weighted by atomic mass is 10.1. The van der Waals surface area contributed by atoms with Crippen molar-refractivity contribution in [2.24, 2.45) is 5.92 Å². The highest BCUT2D eigenvalue weighted by Crippen LogP contribution is 2.51. The van der Waals surface area contributed by atoms with Crippen molar-refractivity contribution in [1.29, 1.82) is 0 Å². The highest BCUT2D eigenvalue weighted by Gasteiger charge is 2.22. The first-order valence-electron chi connectivity index (χ1n) is 17.5. The van der Waals surface area contributed by atoms with Crippen molar-refractivity contribution in [3.05, 3.63) is 120 Å². The van der Waals surface area contributed by atoms with Crippen LogP contribution in [0, 0.1) is 12.8 Å². The highest BCUT2D eigenvalue weighted by atomic mass is 32.1. The fourth-order valence-corrected chi connectivity index (χ4v) is 6.57. The fourth-order valence-electron chi connectivity index (χ4n) is 4.74. The number of benzene rings is 3. The van der Waals surface area contributed by atoms with E-state index in [0.717, 1.165) is 43.7 Å². The van der Waals surface area contributed by atoms with Gasteiger partial charge in [0, 0.05) is 18.8 Å². The molecule has 0 bridgehead atoms. The zero-order valence-electron chi connectivity index (χ0n) is 31.4. The summed E-state index contributed by atoms with van der Waals surface area (Å²) in [6.45, 7) is 22.7. The second kappa shape index (κ2) is 27.4. The van der Waals surface area contributed by atoms with Crippen molar-refractivity contribution in [1.82, 2.24) is 4.90 Å². The van der Waals surface area contributed by atoms with Gasteiger partial charge in [0.25, 0.3) is 0 Å². The van der Waals surface area contributed by atoms with Crippen molar-refractivity contribution in [2.45, 2.75) is 84.6 Å². The molecule has 0 aliphatic heterocycles. The number of rotatable bonds is 11. The summed E-state index contributed by atoms with van der Waals surface area (Å²) in [5, 5.41) is 1.86. The second-order valence-corrected chi connectivity index (χ2v) is 15.4. The standard InChI is InChI=1S/C26H37N2P.C6H6.C4H11N.C4H8S.C2H6/c1-20-11-13-22(14-12-20)8-7-17-28(3)26-18-23(15-16-25(26)27)19-29(4)21(2)24-9-5-6-10-24;1-2-4-6-5-3-1;1-4-5(2)3;1-3-4(2)5;1-2/h11-16,18,24H,2,5-10,17,19,27H2,1,3-4H3;1-6H;4H2,1-3H3;3-5H,1H2,2H3;1-2H3. The van der Waals surface area contributed by atoms with Gasteiger partial charge in [0.1, 0.15) is 0 Å². The monoisotopic (exact) mass is 677 g/mol. The zero-order valence-corrected chi connectivity index (χ0v) is 33.2. The summed E-state index contributed by atoms with van der Waals surface area (Å²) >= 11 is 3.98. The van der Waals surface area contributed by atoms with Gasteiger partial charge in [0.05, 0.1) is 11.4 Å². The molecule has 0 saturated heterocycles. The van der Waals surface area contributed by atoms with E-state index in [0.29, 0.717) is 5.25 Å². The number of nitrogens with zero attached hydrogens (tertiary/aromatic N) is 2. The second-order valence-electron chi connectivity index (χ2n) is 12.3. The van der Waals surface area contributed by atoms with Crippen molar-refractivity contribution >= 4 is 31.9 Å². The number of hydrogen-bond acceptors (Lipinski definition) is 4. The van der Waals surface area contributed by atoms with Crippen LogP contribution in [-0.4, -0.2) is 51.0 Å². The summed E-state index contributed by atoms with van der Waals surface area (Å²) in [5.41, 5.74) is 12.5. The van der Waals surface area contributed by atoms with E-state index in [2.05, 4.69) is 120 Å². The summed E-state index contributed by atoms with van der Waals surface area (Å²) in [7, 11) is 6.11.